The van der Waals surface area contributed by atoms with Gasteiger partial charge < -0.3 is 14.5 Å². The second-order valence-corrected chi connectivity index (χ2v) is 6.11. The summed E-state index contributed by atoms with van der Waals surface area (Å²) in [5, 5.41) is 14.0. The quantitative estimate of drug-likeness (QED) is 0.620. The number of thiazole rings is 1. The van der Waals surface area contributed by atoms with E-state index in [1.807, 2.05) is 5.38 Å². The standard InChI is InChI=1S/C15H16N4O4S/c1-23-13-3-2-11(10-12(13)19(21)22)14(20)17-5-7-18(8-6-17)15-16-4-9-24-15/h2-4,9-10H,5-8H2,1H3. The Morgan fingerprint density at radius 1 is 1.33 bits per heavy atom. The molecule has 0 radical (unpaired) electrons. The van der Waals surface area contributed by atoms with Crippen LogP contribution in [0.4, 0.5) is 10.8 Å². The second-order valence-electron chi connectivity index (χ2n) is 5.24. The van der Waals surface area contributed by atoms with Crippen LogP contribution in [0.5, 0.6) is 5.75 Å². The van der Waals surface area contributed by atoms with Gasteiger partial charge >= 0.3 is 5.69 Å². The number of aromatic nitrogens is 1. The molecule has 24 heavy (non-hydrogen) atoms. The summed E-state index contributed by atoms with van der Waals surface area (Å²) in [5.41, 5.74) is 0.0926. The highest BCUT2D eigenvalue weighted by molar-refractivity contribution is 7.13. The number of amides is 1. The average Bonchev–Trinajstić information content (AvgIpc) is 3.15. The number of nitrogens with zero attached hydrogens (tertiary/aromatic N) is 4. The van der Waals surface area contributed by atoms with E-state index < -0.39 is 4.92 Å². The van der Waals surface area contributed by atoms with Crippen LogP contribution in [0, 0.1) is 10.1 Å². The Hall–Kier alpha value is -2.68. The molecule has 0 bridgehead atoms. The van der Waals surface area contributed by atoms with E-state index in [1.54, 1.807) is 28.5 Å². The van der Waals surface area contributed by atoms with Crippen LogP contribution in [-0.4, -0.2) is 54.0 Å². The zero-order valence-corrected chi connectivity index (χ0v) is 13.9. The minimum Gasteiger partial charge on any atom is -0.490 e. The van der Waals surface area contributed by atoms with Crippen LogP contribution in [0.15, 0.2) is 29.8 Å². The Bertz CT molecular complexity index is 742. The molecule has 0 aliphatic carbocycles. The molecule has 1 saturated heterocycles. The number of anilines is 1. The Morgan fingerprint density at radius 3 is 2.67 bits per heavy atom. The lowest BCUT2D eigenvalue weighted by Crippen LogP contribution is -2.48. The molecule has 126 valence electrons. The third-order valence-corrected chi connectivity index (χ3v) is 4.71. The van der Waals surface area contributed by atoms with Crippen molar-refractivity contribution in [3.8, 4) is 5.75 Å². The van der Waals surface area contributed by atoms with E-state index in [2.05, 4.69) is 9.88 Å². The van der Waals surface area contributed by atoms with Gasteiger partial charge in [-0.3, -0.25) is 14.9 Å². The second kappa shape index (κ2) is 6.83. The van der Waals surface area contributed by atoms with E-state index in [-0.39, 0.29) is 17.3 Å². The van der Waals surface area contributed by atoms with E-state index >= 15 is 0 Å². The van der Waals surface area contributed by atoms with Crippen LogP contribution in [0.2, 0.25) is 0 Å². The number of benzene rings is 1. The topological polar surface area (TPSA) is 88.8 Å². The first-order chi connectivity index (χ1) is 11.6. The maximum Gasteiger partial charge on any atom is 0.311 e. The molecule has 1 aromatic carbocycles. The van der Waals surface area contributed by atoms with Crippen molar-refractivity contribution < 1.29 is 14.5 Å². The smallest absolute Gasteiger partial charge is 0.311 e. The first-order valence-electron chi connectivity index (χ1n) is 7.36. The van der Waals surface area contributed by atoms with Gasteiger partial charge in [-0.2, -0.15) is 0 Å². The number of piperazine rings is 1. The molecule has 3 rings (SSSR count). The monoisotopic (exact) mass is 348 g/mol. The van der Waals surface area contributed by atoms with Crippen molar-refractivity contribution in [2.24, 2.45) is 0 Å². The van der Waals surface area contributed by atoms with Crippen molar-refractivity contribution in [2.45, 2.75) is 0 Å². The maximum atomic E-state index is 12.6. The number of ether oxygens (including phenoxy) is 1. The summed E-state index contributed by atoms with van der Waals surface area (Å²) in [7, 11) is 1.36. The van der Waals surface area contributed by atoms with Crippen LogP contribution in [0.3, 0.4) is 0 Å². The lowest BCUT2D eigenvalue weighted by molar-refractivity contribution is -0.385. The molecule has 0 unspecified atom stereocenters. The molecule has 2 aromatic rings. The first kappa shape index (κ1) is 16.2. The van der Waals surface area contributed by atoms with Crippen molar-refractivity contribution in [1.82, 2.24) is 9.88 Å². The molecule has 2 heterocycles. The molecule has 1 amide bonds. The van der Waals surface area contributed by atoms with E-state index in [4.69, 9.17) is 4.74 Å². The summed E-state index contributed by atoms with van der Waals surface area (Å²) in [6.07, 6.45) is 1.76. The van der Waals surface area contributed by atoms with Gasteiger partial charge in [0.25, 0.3) is 5.91 Å². The lowest BCUT2D eigenvalue weighted by atomic mass is 10.1. The Labute approximate surface area is 142 Å². The molecule has 1 aliphatic rings. The largest absolute Gasteiger partial charge is 0.490 e. The van der Waals surface area contributed by atoms with Gasteiger partial charge in [0.2, 0.25) is 0 Å². The van der Waals surface area contributed by atoms with Crippen LogP contribution in [0.25, 0.3) is 0 Å². The molecule has 0 spiro atoms. The fourth-order valence-electron chi connectivity index (χ4n) is 2.62. The van der Waals surface area contributed by atoms with Gasteiger partial charge in [-0.25, -0.2) is 4.98 Å². The minimum atomic E-state index is -0.546. The SMILES string of the molecule is COc1ccc(C(=O)N2CCN(c3nccs3)CC2)cc1[N+](=O)[O-]. The predicted molar refractivity (Wildman–Crippen MR) is 89.9 cm³/mol. The summed E-state index contributed by atoms with van der Waals surface area (Å²) < 4.78 is 4.96. The molecule has 8 nitrogen and oxygen atoms in total. The molecule has 0 N–H and O–H groups in total. The highest BCUT2D eigenvalue weighted by Gasteiger charge is 2.25. The lowest BCUT2D eigenvalue weighted by Gasteiger charge is -2.34. The molecule has 1 aromatic heterocycles. The summed E-state index contributed by atoms with van der Waals surface area (Å²) in [4.78, 5) is 31.3. The number of nitro benzene ring substituents is 1. The zero-order valence-electron chi connectivity index (χ0n) is 13.0. The highest BCUT2D eigenvalue weighted by Crippen LogP contribution is 2.28. The van der Waals surface area contributed by atoms with E-state index in [9.17, 15) is 14.9 Å². The van der Waals surface area contributed by atoms with Gasteiger partial charge in [0.05, 0.1) is 12.0 Å². The van der Waals surface area contributed by atoms with Crippen LogP contribution in [-0.2, 0) is 0 Å². The van der Waals surface area contributed by atoms with Gasteiger partial charge in [-0.1, -0.05) is 0 Å². The van der Waals surface area contributed by atoms with Crippen LogP contribution >= 0.6 is 11.3 Å². The van der Waals surface area contributed by atoms with Crippen LogP contribution < -0.4 is 9.64 Å². The van der Waals surface area contributed by atoms with E-state index in [0.717, 1.165) is 5.13 Å². The van der Waals surface area contributed by atoms with Gasteiger partial charge in [0, 0.05) is 49.4 Å². The number of carbonyl (C=O) groups excluding carboxylic acids is 1. The van der Waals surface area contributed by atoms with Crippen LogP contribution in [0.1, 0.15) is 10.4 Å². The van der Waals surface area contributed by atoms with E-state index in [1.165, 1.54) is 19.2 Å². The van der Waals surface area contributed by atoms with Crippen molar-refractivity contribution >= 4 is 28.1 Å². The molecule has 1 aliphatic heterocycles. The number of hydrogen-bond acceptors (Lipinski definition) is 7. The van der Waals surface area contributed by atoms with Gasteiger partial charge in [0.1, 0.15) is 0 Å². The molecule has 9 heteroatoms. The summed E-state index contributed by atoms with van der Waals surface area (Å²) in [6.45, 7) is 2.49. The summed E-state index contributed by atoms with van der Waals surface area (Å²) in [6, 6.07) is 4.28. The van der Waals surface area contributed by atoms with E-state index in [0.29, 0.717) is 31.7 Å². The summed E-state index contributed by atoms with van der Waals surface area (Å²) in [5.74, 6) is -0.0651. The number of hydrogen-bond donors (Lipinski definition) is 0. The maximum absolute atomic E-state index is 12.6. The minimum absolute atomic E-state index is 0.144. The fourth-order valence-corrected chi connectivity index (χ4v) is 3.32. The average molecular weight is 348 g/mol. The third kappa shape index (κ3) is 3.16. The summed E-state index contributed by atoms with van der Waals surface area (Å²) >= 11 is 1.57. The molecule has 0 saturated carbocycles. The van der Waals surface area contributed by atoms with Gasteiger partial charge in [-0.15, -0.1) is 11.3 Å². The Balaban J connectivity index is 1.71. The zero-order chi connectivity index (χ0) is 17.1. The first-order valence-corrected chi connectivity index (χ1v) is 8.24. The normalized spacial score (nSPS) is 14.5. The van der Waals surface area contributed by atoms with Crippen molar-refractivity contribution in [1.29, 1.82) is 0 Å². The van der Waals surface area contributed by atoms with Crippen molar-refractivity contribution in [2.75, 3.05) is 38.2 Å². The Kier molecular flexibility index (Phi) is 4.61. The predicted octanol–water partition coefficient (Wildman–Crippen LogP) is 2.02. The fraction of sp³-hybridized carbons (Fsp3) is 0.333. The molecule has 1 fully saturated rings. The highest BCUT2D eigenvalue weighted by atomic mass is 32.1. The molecule has 0 atom stereocenters. The van der Waals surface area contributed by atoms with Crippen molar-refractivity contribution in [3.63, 3.8) is 0 Å². The number of carbonyl (C=O) groups is 1. The number of rotatable bonds is 4. The number of methoxy groups -OCH3 is 1. The molecular weight excluding hydrogens is 332 g/mol. The van der Waals surface area contributed by atoms with Gasteiger partial charge in [-0.05, 0) is 12.1 Å². The number of nitro groups is 1. The van der Waals surface area contributed by atoms with Crippen molar-refractivity contribution in [3.05, 3.63) is 45.5 Å². The Morgan fingerprint density at radius 2 is 2.08 bits per heavy atom. The van der Waals surface area contributed by atoms with Gasteiger partial charge in [0.15, 0.2) is 10.9 Å². The third-order valence-electron chi connectivity index (χ3n) is 3.88. The molecular formula is C15H16N4O4S.